The lowest BCUT2D eigenvalue weighted by Gasteiger charge is -2.41. The number of esters is 2. The minimum Gasteiger partial charge on any atom is -0.460 e. The van der Waals surface area contributed by atoms with Crippen molar-refractivity contribution in [3.8, 4) is 11.1 Å². The van der Waals surface area contributed by atoms with Crippen LogP contribution in [0.1, 0.15) is 99.4 Å². The summed E-state index contributed by atoms with van der Waals surface area (Å²) in [5.41, 5.74) is 11.4. The zero-order chi connectivity index (χ0) is 44.6. The Morgan fingerprint density at radius 2 is 1.49 bits per heavy atom. The summed E-state index contributed by atoms with van der Waals surface area (Å²) >= 11 is 0. The van der Waals surface area contributed by atoms with E-state index in [4.69, 9.17) is 20.9 Å². The highest BCUT2D eigenvalue weighted by Crippen LogP contribution is 2.41. The highest BCUT2D eigenvalue weighted by Gasteiger charge is 2.42. The topological polar surface area (TPSA) is 196 Å². The number of halogens is 2. The second-order valence-corrected chi connectivity index (χ2v) is 17.9. The predicted octanol–water partition coefficient (Wildman–Crippen LogP) is 5.20. The third kappa shape index (κ3) is 14.1. The van der Waals surface area contributed by atoms with Gasteiger partial charge in [0.05, 0.1) is 30.5 Å². The van der Waals surface area contributed by atoms with Crippen molar-refractivity contribution >= 4 is 29.5 Å². The van der Waals surface area contributed by atoms with E-state index in [2.05, 4.69) is 5.32 Å². The van der Waals surface area contributed by atoms with Crippen LogP contribution in [0.5, 0.6) is 0 Å². The first kappa shape index (κ1) is 48.4. The lowest BCUT2D eigenvalue weighted by atomic mass is 9.82. The molecule has 1 unspecified atom stereocenters. The molecule has 0 saturated carbocycles. The molecular weight excluding hydrogens is 765 g/mol. The normalized spacial score (nSPS) is 14.7. The summed E-state index contributed by atoms with van der Waals surface area (Å²) in [6, 6.07) is 9.16. The summed E-state index contributed by atoms with van der Waals surface area (Å²) in [6.45, 7) is 15.9. The Kier molecular flexibility index (Phi) is 16.3. The molecule has 0 bridgehead atoms. The number of carbonyl (C=O) groups excluding carboxylic acids is 5. The van der Waals surface area contributed by atoms with Crippen molar-refractivity contribution in [3.63, 3.8) is 0 Å². The number of Topliss-reactive ketones (excluding diaryl/α,β-unsaturated/α-hetero) is 1. The maximum absolute atomic E-state index is 15.2. The quantitative estimate of drug-likeness (QED) is 0.131. The molecule has 13 nitrogen and oxygen atoms in total. The average molecular weight is 826 g/mol. The Labute approximate surface area is 345 Å². The molecule has 0 fully saturated rings. The first-order valence-corrected chi connectivity index (χ1v) is 19.6. The number of nitrogens with two attached hydrogens (primary N) is 2. The third-order valence-electron chi connectivity index (χ3n) is 9.23. The zero-order valence-corrected chi connectivity index (χ0v) is 35.8. The molecule has 0 radical (unpaired) electrons. The number of aromatic nitrogens is 1. The van der Waals surface area contributed by atoms with Gasteiger partial charge < -0.3 is 40.8 Å². The minimum absolute atomic E-state index is 0.0106. The third-order valence-corrected chi connectivity index (χ3v) is 9.23. The number of ether oxygens (including phenoxy) is 2. The Morgan fingerprint density at radius 3 is 2.03 bits per heavy atom. The SMILES string of the molecule is C[C@H](N)C(=O)C(CC(=O)OC(C)(C)C)[C@H](NC(=O)[C@@H](N)CCN(C(=O)CO)[C@@H](c1cc(-c2cc(F)ccc2F)cn1Cc1ccccc1)C(C)(C)C)C(=O)OC(C)(C)C. The van der Waals surface area contributed by atoms with E-state index in [0.717, 1.165) is 23.8 Å². The van der Waals surface area contributed by atoms with Gasteiger partial charge in [0.15, 0.2) is 5.78 Å². The van der Waals surface area contributed by atoms with Crippen molar-refractivity contribution < 1.29 is 47.3 Å². The number of amides is 2. The van der Waals surface area contributed by atoms with Crippen LogP contribution in [0, 0.1) is 23.0 Å². The molecule has 0 aliphatic rings. The van der Waals surface area contributed by atoms with Gasteiger partial charge in [0.2, 0.25) is 11.8 Å². The van der Waals surface area contributed by atoms with Crippen LogP contribution in [0.4, 0.5) is 8.78 Å². The Balaban J connectivity index is 2.05. The van der Waals surface area contributed by atoms with Crippen molar-refractivity contribution in [1.29, 1.82) is 0 Å². The molecule has 3 aromatic rings. The van der Waals surface area contributed by atoms with Crippen LogP contribution in [0.2, 0.25) is 0 Å². The molecule has 324 valence electrons. The van der Waals surface area contributed by atoms with Crippen molar-refractivity contribution in [2.45, 2.75) is 124 Å². The van der Waals surface area contributed by atoms with Crippen LogP contribution >= 0.6 is 0 Å². The number of carbonyl (C=O) groups is 5. The smallest absolute Gasteiger partial charge is 0.329 e. The number of aliphatic hydroxyl groups is 1. The van der Waals surface area contributed by atoms with E-state index in [1.54, 1.807) is 53.8 Å². The molecule has 0 spiro atoms. The van der Waals surface area contributed by atoms with Gasteiger partial charge in [0.25, 0.3) is 0 Å². The molecule has 1 aromatic heterocycles. The van der Waals surface area contributed by atoms with Gasteiger partial charge in [-0.15, -0.1) is 0 Å². The Bertz CT molecular complexity index is 1950. The van der Waals surface area contributed by atoms with Crippen LogP contribution in [-0.2, 0) is 40.0 Å². The largest absolute Gasteiger partial charge is 0.460 e. The standard InChI is InChI=1S/C44H61F2N5O8/c1-26(47)38(55)31(22-36(54)58-43(5,6)7)37(41(57)59-44(8,9)10)49-40(56)33(48)18-19-51(35(53)25-52)39(42(2,3)4)34-20-28(30-21-29(45)16-17-32(30)46)24-50(34)23-27-14-12-11-13-15-27/h11-17,20-21,24,26,31,33,37,39,52H,18-19,22-23,25,47-48H2,1-10H3,(H,49,56)/t26-,31?,33-,37-,39-/m0/s1. The summed E-state index contributed by atoms with van der Waals surface area (Å²) < 4.78 is 42.4. The molecule has 1 heterocycles. The van der Waals surface area contributed by atoms with Crippen molar-refractivity contribution in [2.75, 3.05) is 13.2 Å². The molecule has 3 rings (SSSR count). The second-order valence-electron chi connectivity index (χ2n) is 17.9. The number of ketones is 1. The summed E-state index contributed by atoms with van der Waals surface area (Å²) in [4.78, 5) is 69.1. The molecular formula is C44H61F2N5O8. The van der Waals surface area contributed by atoms with E-state index >= 15 is 4.39 Å². The zero-order valence-electron chi connectivity index (χ0n) is 35.8. The summed E-state index contributed by atoms with van der Waals surface area (Å²) in [7, 11) is 0. The summed E-state index contributed by atoms with van der Waals surface area (Å²) in [6.07, 6.45) is 0.870. The molecule has 59 heavy (non-hydrogen) atoms. The van der Waals surface area contributed by atoms with E-state index in [-0.39, 0.29) is 18.5 Å². The molecule has 2 aromatic carbocycles. The fraction of sp³-hybridized carbons (Fsp3) is 0.523. The number of hydrogen-bond donors (Lipinski definition) is 4. The number of benzene rings is 2. The van der Waals surface area contributed by atoms with E-state index < -0.39 is 101 Å². The van der Waals surface area contributed by atoms with Crippen molar-refractivity contribution in [1.82, 2.24) is 14.8 Å². The number of hydrogen-bond acceptors (Lipinski definition) is 10. The van der Waals surface area contributed by atoms with Crippen LogP contribution < -0.4 is 16.8 Å². The number of nitrogens with zero attached hydrogens (tertiary/aromatic N) is 2. The summed E-state index contributed by atoms with van der Waals surface area (Å²) in [5.74, 6) is -6.88. The lowest BCUT2D eigenvalue weighted by Crippen LogP contribution is -2.57. The first-order valence-electron chi connectivity index (χ1n) is 19.6. The molecule has 0 saturated heterocycles. The highest BCUT2D eigenvalue weighted by molar-refractivity contribution is 5.96. The molecule has 15 heteroatoms. The van der Waals surface area contributed by atoms with Crippen molar-refractivity contribution in [3.05, 3.63) is 83.7 Å². The fourth-order valence-electron chi connectivity index (χ4n) is 6.74. The van der Waals surface area contributed by atoms with Gasteiger partial charge in [-0.2, -0.15) is 0 Å². The predicted molar refractivity (Wildman–Crippen MR) is 219 cm³/mol. The lowest BCUT2D eigenvalue weighted by molar-refractivity contribution is -0.164. The molecule has 0 aliphatic carbocycles. The monoisotopic (exact) mass is 825 g/mol. The fourth-order valence-corrected chi connectivity index (χ4v) is 6.74. The van der Waals surface area contributed by atoms with E-state index in [9.17, 15) is 33.5 Å². The van der Waals surface area contributed by atoms with Gasteiger partial charge in [-0.25, -0.2) is 13.6 Å². The van der Waals surface area contributed by atoms with Gasteiger partial charge in [0.1, 0.15) is 35.5 Å². The van der Waals surface area contributed by atoms with E-state index in [1.807, 2.05) is 55.7 Å². The van der Waals surface area contributed by atoms with E-state index in [1.165, 1.54) is 11.8 Å². The van der Waals surface area contributed by atoms with Crippen LogP contribution in [0.3, 0.4) is 0 Å². The highest BCUT2D eigenvalue weighted by atomic mass is 19.1. The van der Waals surface area contributed by atoms with Gasteiger partial charge in [-0.1, -0.05) is 51.1 Å². The molecule has 6 N–H and O–H groups in total. The van der Waals surface area contributed by atoms with Gasteiger partial charge >= 0.3 is 11.9 Å². The maximum Gasteiger partial charge on any atom is 0.329 e. The average Bonchev–Trinajstić information content (AvgIpc) is 3.51. The number of nitrogens with one attached hydrogen (secondary N) is 1. The minimum atomic E-state index is -1.70. The van der Waals surface area contributed by atoms with Crippen molar-refractivity contribution in [2.24, 2.45) is 22.8 Å². The second kappa shape index (κ2) is 19.8. The molecule has 5 atom stereocenters. The van der Waals surface area contributed by atoms with Crippen LogP contribution in [0.15, 0.2) is 60.8 Å². The number of rotatable bonds is 17. The van der Waals surface area contributed by atoms with Crippen LogP contribution in [0.25, 0.3) is 11.1 Å². The maximum atomic E-state index is 15.2. The van der Waals surface area contributed by atoms with Gasteiger partial charge in [-0.3, -0.25) is 19.2 Å². The van der Waals surface area contributed by atoms with Gasteiger partial charge in [0, 0.05) is 36.1 Å². The van der Waals surface area contributed by atoms with Crippen LogP contribution in [-0.4, -0.2) is 86.6 Å². The Morgan fingerprint density at radius 1 is 0.881 bits per heavy atom. The van der Waals surface area contributed by atoms with E-state index in [0.29, 0.717) is 17.8 Å². The summed E-state index contributed by atoms with van der Waals surface area (Å²) in [5, 5.41) is 12.8. The first-order chi connectivity index (χ1) is 27.2. The molecule has 2 amide bonds. The Hall–Kier alpha value is -4.99. The van der Waals surface area contributed by atoms with Gasteiger partial charge in [-0.05, 0) is 90.1 Å². The molecule has 0 aliphatic heterocycles. The number of aliphatic hydroxyl groups excluding tert-OH is 1.